The summed E-state index contributed by atoms with van der Waals surface area (Å²) in [7, 11) is 5.81. The molecule has 4 saturated carbocycles. The molecule has 7 rings (SSSR count). The third kappa shape index (κ3) is 12.2. The van der Waals surface area contributed by atoms with Crippen molar-refractivity contribution >= 4 is 6.29 Å². The van der Waals surface area contributed by atoms with Crippen molar-refractivity contribution in [1.29, 1.82) is 0 Å². The molecule has 8 N–H and O–H groups in total. The van der Waals surface area contributed by atoms with Crippen molar-refractivity contribution in [3.63, 3.8) is 0 Å². The van der Waals surface area contributed by atoms with E-state index in [0.717, 1.165) is 81.0 Å². The molecule has 0 saturated heterocycles. The van der Waals surface area contributed by atoms with Gasteiger partial charge in [-0.3, -0.25) is 4.79 Å². The van der Waals surface area contributed by atoms with Crippen LogP contribution in [0.15, 0.2) is 95.2 Å². The number of carbonyl (C=O) groups excluding carboxylic acids is 1. The molecule has 0 radical (unpaired) electrons. The van der Waals surface area contributed by atoms with E-state index < -0.39 is 35.7 Å². The van der Waals surface area contributed by atoms with Crippen molar-refractivity contribution in [3.8, 4) is 0 Å². The lowest BCUT2D eigenvalue weighted by atomic mass is 9.45. The highest BCUT2D eigenvalue weighted by Crippen LogP contribution is 2.67. The minimum atomic E-state index is -1.27. The molecule has 11 nitrogen and oxygen atoms in total. The Hall–Kier alpha value is -3.07. The molecule has 1 aliphatic heterocycles. The highest BCUT2D eigenvalue weighted by Gasteiger charge is 2.68. The van der Waals surface area contributed by atoms with Crippen LogP contribution in [0.1, 0.15) is 128 Å². The van der Waals surface area contributed by atoms with Crippen LogP contribution in [0.5, 0.6) is 0 Å². The number of ether oxygens (including phenoxy) is 2. The number of hydrogen-bond donors (Lipinski definition) is 8. The Kier molecular flexibility index (Phi) is 20.8. The molecule has 0 aromatic heterocycles. The van der Waals surface area contributed by atoms with Crippen molar-refractivity contribution < 1.29 is 39.8 Å². The van der Waals surface area contributed by atoms with Gasteiger partial charge in [0.25, 0.3) is 0 Å². The van der Waals surface area contributed by atoms with E-state index >= 15 is 0 Å². The fourth-order valence-corrected chi connectivity index (χ4v) is 15.9. The first kappa shape index (κ1) is 57.6. The molecule has 0 unspecified atom stereocenters. The first-order chi connectivity index (χ1) is 35.3. The van der Waals surface area contributed by atoms with E-state index in [2.05, 4.69) is 90.6 Å². The standard InChI is InChI=1S/C62H95N3O8/c1-43-20-23-54(59(26-10-7-11-27-59)51-18-13-15-46(34-51)35-60(65-37-43,30-33-72-6)55-19-9-8-16-49(55)38-64-5)44(2)14-12-17-50(41-73-42-52(69)40-68)53-24-28-62(58(53)70)57-47(25-32-66)21-22-48(56(57)45(3)39-67)36-61(62,71)29-31-63-4/h12-15,17-18,20-22,34,39,47-49,52-55,57-58,63-66,68-71H,2,7-11,16,19,23-33,35-38,40-42H2,1,3-6H3/b14-12+,43-20+,50-17-,56-45?/t47-,48-,49-,52+,53-,54-,55+,57-,58+,60-,61+,62+/m0/s1. The van der Waals surface area contributed by atoms with Crippen LogP contribution in [-0.4, -0.2) is 129 Å². The molecule has 0 amide bonds. The van der Waals surface area contributed by atoms with Crippen molar-refractivity contribution in [2.75, 3.05) is 73.9 Å². The Morgan fingerprint density at radius 2 is 1.82 bits per heavy atom. The number of nitrogens with one attached hydrogen (secondary N) is 3. The number of hydrogen-bond acceptors (Lipinski definition) is 11. The summed E-state index contributed by atoms with van der Waals surface area (Å²) in [6.07, 6.45) is 27.8. The maximum absolute atomic E-state index is 13.2. The lowest BCUT2D eigenvalue weighted by Gasteiger charge is -2.61. The van der Waals surface area contributed by atoms with Crippen LogP contribution in [0.4, 0.5) is 0 Å². The Morgan fingerprint density at radius 1 is 1.03 bits per heavy atom. The van der Waals surface area contributed by atoms with Gasteiger partial charge in [-0.15, -0.1) is 0 Å². The normalized spacial score (nSPS) is 35.6. The van der Waals surface area contributed by atoms with Gasteiger partial charge in [-0.2, -0.15) is 0 Å². The molecule has 1 aromatic rings. The molecule has 1 aromatic carbocycles. The van der Waals surface area contributed by atoms with Crippen molar-refractivity contribution in [2.45, 2.75) is 152 Å². The lowest BCUT2D eigenvalue weighted by Crippen LogP contribution is -2.65. The summed E-state index contributed by atoms with van der Waals surface area (Å²) in [6, 6.07) is 9.60. The second-order valence-electron chi connectivity index (χ2n) is 23.5. The SMILES string of the molecule is C=C(/C=C/C=C(/COC[C@H](O)CO)[C@@H]1CC[C@]2([C@@H]1O)[C@@H]1C(=C(C)C=O)[C@@H](C=C[C@H]1CCO)C[C@]2(O)CCNC)[C@@H]1C/C=C(\C)CN[C@](CCOC)([C@@H]2CCCC[C@H]2CNC)Cc2cccc(c2)C12CCCCC2. The van der Waals surface area contributed by atoms with Gasteiger partial charge in [-0.1, -0.05) is 116 Å². The van der Waals surface area contributed by atoms with Crippen molar-refractivity contribution in [2.24, 2.45) is 46.8 Å². The van der Waals surface area contributed by atoms with Gasteiger partial charge >= 0.3 is 0 Å². The summed E-state index contributed by atoms with van der Waals surface area (Å²) in [4.78, 5) is 12.6. The molecular weight excluding hydrogens is 915 g/mol. The van der Waals surface area contributed by atoms with E-state index in [0.29, 0.717) is 62.7 Å². The number of aldehydes is 1. The Labute approximate surface area is 439 Å². The summed E-state index contributed by atoms with van der Waals surface area (Å²) >= 11 is 0. The fourth-order valence-electron chi connectivity index (χ4n) is 15.9. The molecule has 6 aliphatic rings. The van der Waals surface area contributed by atoms with Gasteiger partial charge in [0.05, 0.1) is 31.5 Å². The number of benzene rings is 1. The second kappa shape index (κ2) is 26.3. The summed E-state index contributed by atoms with van der Waals surface area (Å²) in [5.41, 5.74) is 5.13. The predicted molar refractivity (Wildman–Crippen MR) is 293 cm³/mol. The van der Waals surface area contributed by atoms with Crippen LogP contribution in [0.3, 0.4) is 0 Å². The summed E-state index contributed by atoms with van der Waals surface area (Å²) < 4.78 is 12.0. The van der Waals surface area contributed by atoms with Crippen LogP contribution in [0, 0.1) is 46.8 Å². The van der Waals surface area contributed by atoms with Crippen molar-refractivity contribution in [3.05, 3.63) is 106 Å². The zero-order valence-corrected chi connectivity index (χ0v) is 45.4. The number of methoxy groups -OCH3 is 1. The van der Waals surface area contributed by atoms with Gasteiger partial charge in [-0.05, 0) is 170 Å². The molecule has 73 heavy (non-hydrogen) atoms. The second-order valence-corrected chi connectivity index (χ2v) is 23.5. The highest BCUT2D eigenvalue weighted by atomic mass is 16.5. The van der Waals surface area contributed by atoms with Gasteiger partial charge in [0.1, 0.15) is 12.4 Å². The average Bonchev–Trinajstić information content (AvgIpc) is 3.75. The molecule has 11 heteroatoms. The van der Waals surface area contributed by atoms with Crippen LogP contribution in [-0.2, 0) is 26.1 Å². The maximum atomic E-state index is 13.2. The smallest absolute Gasteiger partial charge is 0.145 e. The van der Waals surface area contributed by atoms with Gasteiger partial charge in [0.15, 0.2) is 0 Å². The minimum Gasteiger partial charge on any atom is -0.396 e. The quantitative estimate of drug-likeness (QED) is 0.0260. The lowest BCUT2D eigenvalue weighted by molar-refractivity contribution is -0.194. The number of allylic oxidation sites excluding steroid dienone is 9. The largest absolute Gasteiger partial charge is 0.396 e. The van der Waals surface area contributed by atoms with Gasteiger partial charge in [0.2, 0.25) is 0 Å². The van der Waals surface area contributed by atoms with Gasteiger partial charge < -0.3 is 51.0 Å². The zero-order chi connectivity index (χ0) is 52.2. The van der Waals surface area contributed by atoms with E-state index in [9.17, 15) is 30.3 Å². The summed E-state index contributed by atoms with van der Waals surface area (Å²) in [6.45, 7) is 11.7. The summed E-state index contributed by atoms with van der Waals surface area (Å²) in [5.74, 6) is 0.162. The van der Waals surface area contributed by atoms with Crippen molar-refractivity contribution in [1.82, 2.24) is 16.0 Å². The van der Waals surface area contributed by atoms with Crippen LogP contribution >= 0.6 is 0 Å². The molecule has 1 heterocycles. The molecule has 406 valence electrons. The van der Waals surface area contributed by atoms with E-state index in [1.165, 1.54) is 48.8 Å². The first-order valence-electron chi connectivity index (χ1n) is 28.4. The Bertz CT molecular complexity index is 2140. The molecule has 12 atom stereocenters. The topological polar surface area (TPSA) is 173 Å². The Balaban J connectivity index is 1.26. The summed E-state index contributed by atoms with van der Waals surface area (Å²) in [5, 5.41) is 67.9. The molecule has 5 aliphatic carbocycles. The minimum absolute atomic E-state index is 0.0530. The predicted octanol–water partition coefficient (Wildman–Crippen LogP) is 8.01. The first-order valence-corrected chi connectivity index (χ1v) is 28.4. The van der Waals surface area contributed by atoms with E-state index in [1.54, 1.807) is 0 Å². The zero-order valence-electron chi connectivity index (χ0n) is 45.4. The highest BCUT2D eigenvalue weighted by molar-refractivity contribution is 5.74. The van der Waals surface area contributed by atoms with Crippen LogP contribution < -0.4 is 16.0 Å². The monoisotopic (exact) mass is 1010 g/mol. The third-order valence-electron chi connectivity index (χ3n) is 19.4. The van der Waals surface area contributed by atoms with Gasteiger partial charge in [-0.25, -0.2) is 0 Å². The van der Waals surface area contributed by atoms with Crippen LogP contribution in [0.25, 0.3) is 0 Å². The number of aliphatic hydroxyl groups excluding tert-OH is 4. The molecule has 4 bridgehead atoms. The van der Waals surface area contributed by atoms with E-state index in [1.807, 2.05) is 21.1 Å². The fraction of sp³-hybridized carbons (Fsp3) is 0.694. The van der Waals surface area contributed by atoms with E-state index in [-0.39, 0.29) is 54.4 Å². The number of aliphatic hydroxyl groups is 5. The molecule has 2 spiro atoms. The third-order valence-corrected chi connectivity index (χ3v) is 19.4. The molecular formula is C62H95N3O8. The number of carbonyl (C=O) groups is 1. The van der Waals surface area contributed by atoms with Gasteiger partial charge in [0, 0.05) is 55.1 Å². The number of fused-ring (bicyclic) bond motifs is 6. The van der Waals surface area contributed by atoms with Crippen LogP contribution in [0.2, 0.25) is 0 Å². The van der Waals surface area contributed by atoms with E-state index in [4.69, 9.17) is 16.1 Å². The maximum Gasteiger partial charge on any atom is 0.145 e. The average molecular weight is 1010 g/mol. The Morgan fingerprint density at radius 3 is 2.55 bits per heavy atom. The number of rotatable bonds is 21. The molecule has 4 fully saturated rings.